The van der Waals surface area contributed by atoms with Gasteiger partial charge in [0.05, 0.1) is 4.88 Å². The Kier molecular flexibility index (Phi) is 4.28. The Labute approximate surface area is 117 Å². The first-order valence-corrected chi connectivity index (χ1v) is 6.85. The van der Waals surface area contributed by atoms with Crippen molar-refractivity contribution in [1.29, 1.82) is 0 Å². The van der Waals surface area contributed by atoms with Gasteiger partial charge in [0.15, 0.2) is 5.13 Å². The molecule has 0 saturated heterocycles. The molecule has 0 radical (unpaired) electrons. The third-order valence-corrected chi connectivity index (χ3v) is 3.66. The average Bonchev–Trinajstić information content (AvgIpc) is 2.41. The molecule has 0 aliphatic carbocycles. The van der Waals surface area contributed by atoms with Crippen molar-refractivity contribution in [2.24, 2.45) is 0 Å². The lowest BCUT2D eigenvalue weighted by molar-refractivity contribution is 0.0636. The zero-order chi connectivity index (χ0) is 14.1. The van der Waals surface area contributed by atoms with Crippen LogP contribution in [0.3, 0.4) is 0 Å². The first-order chi connectivity index (χ1) is 7.99. The summed E-state index contributed by atoms with van der Waals surface area (Å²) in [5.41, 5.74) is -0.624. The summed E-state index contributed by atoms with van der Waals surface area (Å²) in [6.45, 7) is 11.6. The Morgan fingerprint density at radius 3 is 2.22 bits per heavy atom. The smallest absolute Gasteiger partial charge is 0.413 e. The van der Waals surface area contributed by atoms with Crippen molar-refractivity contribution >= 4 is 34.2 Å². The highest BCUT2D eigenvalue weighted by Crippen LogP contribution is 2.36. The van der Waals surface area contributed by atoms with Crippen LogP contribution in [0.2, 0.25) is 5.15 Å². The molecule has 4 nitrogen and oxygen atoms in total. The molecule has 0 aromatic carbocycles. The van der Waals surface area contributed by atoms with Gasteiger partial charge in [-0.05, 0) is 26.2 Å². The number of nitrogens with one attached hydrogen (secondary N) is 1. The summed E-state index contributed by atoms with van der Waals surface area (Å²) in [4.78, 5) is 16.6. The van der Waals surface area contributed by atoms with E-state index in [4.69, 9.17) is 16.3 Å². The third kappa shape index (κ3) is 4.46. The standard InChI is InChI=1S/C12H19ClN2O2S/c1-11(2,3)7-8(13)14-9(18-7)15-10(16)17-12(4,5)6/h1-6H3,(H,14,15,16). The lowest BCUT2D eigenvalue weighted by atomic mass is 9.95. The first kappa shape index (κ1) is 15.2. The van der Waals surface area contributed by atoms with E-state index in [0.29, 0.717) is 10.3 Å². The molecule has 0 atom stereocenters. The quantitative estimate of drug-likeness (QED) is 0.832. The molecule has 18 heavy (non-hydrogen) atoms. The van der Waals surface area contributed by atoms with Crippen molar-refractivity contribution in [3.05, 3.63) is 10.0 Å². The molecule has 0 aliphatic heterocycles. The van der Waals surface area contributed by atoms with E-state index in [2.05, 4.69) is 10.3 Å². The van der Waals surface area contributed by atoms with Gasteiger partial charge in [0.2, 0.25) is 0 Å². The summed E-state index contributed by atoms with van der Waals surface area (Å²) >= 11 is 7.42. The molecule has 0 spiro atoms. The van der Waals surface area contributed by atoms with Gasteiger partial charge >= 0.3 is 6.09 Å². The van der Waals surface area contributed by atoms with Gasteiger partial charge in [0, 0.05) is 0 Å². The molecule has 0 bridgehead atoms. The molecule has 0 aliphatic rings. The number of nitrogens with zero attached hydrogens (tertiary/aromatic N) is 1. The van der Waals surface area contributed by atoms with Gasteiger partial charge in [0.25, 0.3) is 0 Å². The number of carbonyl (C=O) groups excluding carboxylic acids is 1. The van der Waals surface area contributed by atoms with Crippen molar-refractivity contribution in [2.45, 2.75) is 52.6 Å². The minimum atomic E-state index is -0.530. The maximum Gasteiger partial charge on any atom is 0.413 e. The minimum absolute atomic E-state index is 0.0946. The van der Waals surface area contributed by atoms with Crippen molar-refractivity contribution < 1.29 is 9.53 Å². The second-order valence-corrected chi connectivity index (χ2v) is 7.37. The molecular weight excluding hydrogens is 272 g/mol. The Hall–Kier alpha value is -0.810. The minimum Gasteiger partial charge on any atom is -0.444 e. The van der Waals surface area contributed by atoms with Crippen LogP contribution in [0.4, 0.5) is 9.93 Å². The second kappa shape index (κ2) is 5.05. The molecule has 0 unspecified atom stereocenters. The number of anilines is 1. The van der Waals surface area contributed by atoms with Crippen LogP contribution in [-0.2, 0) is 10.2 Å². The lowest BCUT2D eigenvalue weighted by Gasteiger charge is -2.19. The number of aromatic nitrogens is 1. The fraction of sp³-hybridized carbons (Fsp3) is 0.667. The predicted molar refractivity (Wildman–Crippen MR) is 75.7 cm³/mol. The number of amides is 1. The van der Waals surface area contributed by atoms with Gasteiger partial charge in [-0.2, -0.15) is 0 Å². The molecule has 0 saturated carbocycles. The number of ether oxygens (including phenoxy) is 1. The van der Waals surface area contributed by atoms with Gasteiger partial charge in [0.1, 0.15) is 10.8 Å². The van der Waals surface area contributed by atoms with E-state index in [-0.39, 0.29) is 5.41 Å². The van der Waals surface area contributed by atoms with Crippen molar-refractivity contribution in [2.75, 3.05) is 5.32 Å². The molecule has 0 fully saturated rings. The Morgan fingerprint density at radius 1 is 1.28 bits per heavy atom. The SMILES string of the molecule is CC(C)(C)OC(=O)Nc1nc(Cl)c(C(C)(C)C)s1. The average molecular weight is 291 g/mol. The Bertz CT molecular complexity index is 444. The van der Waals surface area contributed by atoms with Crippen LogP contribution in [0, 0.1) is 0 Å². The Balaban J connectivity index is 2.79. The molecule has 1 N–H and O–H groups in total. The molecule has 6 heteroatoms. The lowest BCUT2D eigenvalue weighted by Crippen LogP contribution is -2.27. The van der Waals surface area contributed by atoms with E-state index in [0.717, 1.165) is 4.88 Å². The third-order valence-electron chi connectivity index (χ3n) is 1.87. The molecule has 1 aromatic heterocycles. The van der Waals surface area contributed by atoms with E-state index in [1.165, 1.54) is 11.3 Å². The van der Waals surface area contributed by atoms with Crippen LogP contribution in [0.25, 0.3) is 0 Å². The molecule has 1 aromatic rings. The molecule has 1 rings (SSSR count). The summed E-state index contributed by atoms with van der Waals surface area (Å²) in [6.07, 6.45) is -0.520. The van der Waals surface area contributed by atoms with E-state index in [1.807, 2.05) is 41.5 Å². The second-order valence-electron chi connectivity index (χ2n) is 6.02. The van der Waals surface area contributed by atoms with Crippen LogP contribution in [-0.4, -0.2) is 16.7 Å². The first-order valence-electron chi connectivity index (χ1n) is 5.66. The largest absolute Gasteiger partial charge is 0.444 e. The fourth-order valence-corrected chi connectivity index (χ4v) is 2.64. The fourth-order valence-electron chi connectivity index (χ4n) is 1.21. The number of rotatable bonds is 1. The molecule has 1 amide bonds. The summed E-state index contributed by atoms with van der Waals surface area (Å²) < 4.78 is 5.15. The molecule has 102 valence electrons. The maximum absolute atomic E-state index is 11.6. The van der Waals surface area contributed by atoms with Crippen LogP contribution < -0.4 is 5.32 Å². The number of hydrogen-bond acceptors (Lipinski definition) is 4. The monoisotopic (exact) mass is 290 g/mol. The van der Waals surface area contributed by atoms with Crippen LogP contribution >= 0.6 is 22.9 Å². The Morgan fingerprint density at radius 2 is 1.83 bits per heavy atom. The van der Waals surface area contributed by atoms with Gasteiger partial charge in [-0.25, -0.2) is 9.78 Å². The number of hydrogen-bond donors (Lipinski definition) is 1. The van der Waals surface area contributed by atoms with Crippen LogP contribution in [0.1, 0.15) is 46.4 Å². The van der Waals surface area contributed by atoms with Crippen molar-refractivity contribution in [3.63, 3.8) is 0 Å². The van der Waals surface area contributed by atoms with E-state index in [9.17, 15) is 4.79 Å². The normalized spacial score (nSPS) is 12.4. The van der Waals surface area contributed by atoms with E-state index < -0.39 is 11.7 Å². The molecule has 1 heterocycles. The number of carbonyl (C=O) groups is 1. The summed E-state index contributed by atoms with van der Waals surface area (Å²) in [5.74, 6) is 0. The van der Waals surface area contributed by atoms with Gasteiger partial charge in [-0.15, -0.1) is 0 Å². The maximum atomic E-state index is 11.6. The summed E-state index contributed by atoms with van der Waals surface area (Å²) in [7, 11) is 0. The highest BCUT2D eigenvalue weighted by atomic mass is 35.5. The molecular formula is C12H19ClN2O2S. The van der Waals surface area contributed by atoms with Gasteiger partial charge in [-0.1, -0.05) is 43.7 Å². The summed E-state index contributed by atoms with van der Waals surface area (Å²) in [6, 6.07) is 0. The topological polar surface area (TPSA) is 51.2 Å². The van der Waals surface area contributed by atoms with E-state index >= 15 is 0 Å². The highest BCUT2D eigenvalue weighted by Gasteiger charge is 2.24. The van der Waals surface area contributed by atoms with Gasteiger partial charge in [-0.3, -0.25) is 5.32 Å². The highest BCUT2D eigenvalue weighted by molar-refractivity contribution is 7.16. The van der Waals surface area contributed by atoms with E-state index in [1.54, 1.807) is 0 Å². The van der Waals surface area contributed by atoms with Gasteiger partial charge < -0.3 is 4.74 Å². The number of thiazole rings is 1. The number of halogens is 1. The van der Waals surface area contributed by atoms with Crippen molar-refractivity contribution in [1.82, 2.24) is 4.98 Å². The zero-order valence-corrected chi connectivity index (χ0v) is 13.1. The van der Waals surface area contributed by atoms with Crippen LogP contribution in [0.5, 0.6) is 0 Å². The predicted octanol–water partition coefficient (Wildman–Crippen LogP) is 4.44. The zero-order valence-electron chi connectivity index (χ0n) is 11.5. The van der Waals surface area contributed by atoms with Crippen LogP contribution in [0.15, 0.2) is 0 Å². The van der Waals surface area contributed by atoms with Crippen molar-refractivity contribution in [3.8, 4) is 0 Å². The summed E-state index contributed by atoms with van der Waals surface area (Å²) in [5, 5.41) is 3.48.